The minimum atomic E-state index is 0.320. The Morgan fingerprint density at radius 2 is 2.30 bits per heavy atom. The molecule has 10 heavy (non-hydrogen) atoms. The van der Waals surface area contributed by atoms with Crippen LogP contribution in [-0.2, 0) is 0 Å². The largest absolute Gasteiger partial charge is 0.396 e. The third-order valence-corrected chi connectivity index (χ3v) is 2.62. The summed E-state index contributed by atoms with van der Waals surface area (Å²) in [6, 6.07) is 0.587. The smallest absolute Gasteiger partial charge is 0.0438 e. The van der Waals surface area contributed by atoms with Gasteiger partial charge in [-0.3, -0.25) is 0 Å². The summed E-state index contributed by atoms with van der Waals surface area (Å²) in [6.45, 7) is 2.48. The third kappa shape index (κ3) is 6.39. The van der Waals surface area contributed by atoms with Gasteiger partial charge in [0.25, 0.3) is 0 Å². The van der Waals surface area contributed by atoms with Crippen molar-refractivity contribution < 1.29 is 5.11 Å². The van der Waals surface area contributed by atoms with Gasteiger partial charge in [-0.1, -0.05) is 0 Å². The molecule has 0 spiro atoms. The highest BCUT2D eigenvalue weighted by molar-refractivity contribution is 7.99. The molecular formula is C7H17NOS. The van der Waals surface area contributed by atoms with Gasteiger partial charge in [-0.25, -0.2) is 0 Å². The number of hydrogen-bond donors (Lipinski definition) is 2. The summed E-state index contributed by atoms with van der Waals surface area (Å²) < 4.78 is 0. The molecule has 0 saturated heterocycles. The molecule has 0 aliphatic rings. The van der Waals surface area contributed by atoms with Crippen molar-refractivity contribution in [2.75, 3.05) is 25.2 Å². The van der Waals surface area contributed by atoms with Gasteiger partial charge in [0.05, 0.1) is 0 Å². The van der Waals surface area contributed by atoms with Crippen molar-refractivity contribution >= 4 is 11.8 Å². The molecule has 0 amide bonds. The van der Waals surface area contributed by atoms with E-state index in [-0.39, 0.29) is 0 Å². The SMILES string of the molecule is CNC(C)CSCCCO. The van der Waals surface area contributed by atoms with E-state index in [1.54, 1.807) is 0 Å². The van der Waals surface area contributed by atoms with Crippen LogP contribution in [0, 0.1) is 0 Å². The first kappa shape index (κ1) is 10.3. The van der Waals surface area contributed by atoms with Gasteiger partial charge in [0, 0.05) is 18.4 Å². The second-order valence-corrected chi connectivity index (χ2v) is 3.49. The molecule has 1 atom stereocenters. The lowest BCUT2D eigenvalue weighted by Gasteiger charge is -2.07. The van der Waals surface area contributed by atoms with Crippen molar-refractivity contribution in [3.05, 3.63) is 0 Å². The first-order chi connectivity index (χ1) is 4.81. The Bertz CT molecular complexity index is 70.6. The van der Waals surface area contributed by atoms with Gasteiger partial charge in [-0.2, -0.15) is 11.8 Å². The van der Waals surface area contributed by atoms with E-state index in [1.807, 2.05) is 18.8 Å². The molecule has 0 bridgehead atoms. The van der Waals surface area contributed by atoms with Gasteiger partial charge >= 0.3 is 0 Å². The van der Waals surface area contributed by atoms with Gasteiger partial charge in [-0.05, 0) is 26.1 Å². The van der Waals surface area contributed by atoms with Crippen molar-refractivity contribution in [2.45, 2.75) is 19.4 Å². The normalized spacial score (nSPS) is 13.5. The minimum Gasteiger partial charge on any atom is -0.396 e. The Morgan fingerprint density at radius 1 is 1.60 bits per heavy atom. The van der Waals surface area contributed by atoms with E-state index in [9.17, 15) is 0 Å². The van der Waals surface area contributed by atoms with Crippen LogP contribution in [-0.4, -0.2) is 36.3 Å². The fourth-order valence-corrected chi connectivity index (χ4v) is 1.53. The molecule has 62 valence electrons. The molecule has 0 saturated carbocycles. The number of aliphatic hydroxyl groups excluding tert-OH is 1. The van der Waals surface area contributed by atoms with E-state index in [1.165, 1.54) is 0 Å². The average Bonchev–Trinajstić information content (AvgIpc) is 1.98. The summed E-state index contributed by atoms with van der Waals surface area (Å²) in [5, 5.41) is 11.6. The first-order valence-corrected chi connectivity index (χ1v) is 4.82. The number of thioether (sulfide) groups is 1. The topological polar surface area (TPSA) is 32.3 Å². The van der Waals surface area contributed by atoms with Gasteiger partial charge in [0.15, 0.2) is 0 Å². The molecule has 0 radical (unpaired) electrons. The van der Waals surface area contributed by atoms with Crippen molar-refractivity contribution in [2.24, 2.45) is 0 Å². The zero-order valence-corrected chi connectivity index (χ0v) is 7.58. The minimum absolute atomic E-state index is 0.320. The van der Waals surface area contributed by atoms with Crippen molar-refractivity contribution in [1.82, 2.24) is 5.32 Å². The van der Waals surface area contributed by atoms with E-state index in [4.69, 9.17) is 5.11 Å². The lowest BCUT2D eigenvalue weighted by molar-refractivity contribution is 0.296. The fraction of sp³-hybridized carbons (Fsp3) is 1.00. The number of nitrogens with one attached hydrogen (secondary N) is 1. The summed E-state index contributed by atoms with van der Waals surface area (Å²) >= 11 is 1.89. The first-order valence-electron chi connectivity index (χ1n) is 3.67. The molecule has 0 heterocycles. The molecule has 0 aromatic rings. The highest BCUT2D eigenvalue weighted by Crippen LogP contribution is 2.03. The van der Waals surface area contributed by atoms with Gasteiger partial charge in [0.2, 0.25) is 0 Å². The standard InChI is InChI=1S/C7H17NOS/c1-7(8-2)6-10-5-3-4-9/h7-9H,3-6H2,1-2H3. The second kappa shape index (κ2) is 7.38. The van der Waals surface area contributed by atoms with Crippen LogP contribution in [0.5, 0.6) is 0 Å². The molecule has 0 fully saturated rings. The maximum atomic E-state index is 8.46. The Kier molecular flexibility index (Phi) is 7.58. The molecule has 2 nitrogen and oxygen atoms in total. The Hall–Kier alpha value is 0.270. The molecule has 0 aliphatic heterocycles. The lowest BCUT2D eigenvalue weighted by Crippen LogP contribution is -2.23. The Balaban J connectivity index is 2.89. The lowest BCUT2D eigenvalue weighted by atomic mass is 10.4. The van der Waals surface area contributed by atoms with Crippen molar-refractivity contribution in [3.63, 3.8) is 0 Å². The molecule has 1 unspecified atom stereocenters. The van der Waals surface area contributed by atoms with E-state index in [2.05, 4.69) is 12.2 Å². The number of aliphatic hydroxyl groups is 1. The average molecular weight is 163 g/mol. The summed E-state index contributed by atoms with van der Waals surface area (Å²) in [5.74, 6) is 2.21. The van der Waals surface area contributed by atoms with Gasteiger partial charge in [0.1, 0.15) is 0 Å². The Labute approximate surface area is 67.4 Å². The predicted octanol–water partition coefficient (Wildman–Crippen LogP) is 0.710. The van der Waals surface area contributed by atoms with Crippen molar-refractivity contribution in [3.8, 4) is 0 Å². The number of hydrogen-bond acceptors (Lipinski definition) is 3. The van der Waals surface area contributed by atoms with Crippen LogP contribution >= 0.6 is 11.8 Å². The van der Waals surface area contributed by atoms with E-state index in [0.717, 1.165) is 17.9 Å². The zero-order chi connectivity index (χ0) is 7.82. The fourth-order valence-electron chi connectivity index (χ4n) is 0.510. The van der Waals surface area contributed by atoms with Crippen LogP contribution in [0.3, 0.4) is 0 Å². The quantitative estimate of drug-likeness (QED) is 0.566. The number of rotatable bonds is 6. The summed E-state index contributed by atoms with van der Waals surface area (Å²) in [4.78, 5) is 0. The van der Waals surface area contributed by atoms with E-state index in [0.29, 0.717) is 12.6 Å². The molecule has 0 rings (SSSR count). The molecule has 0 aliphatic carbocycles. The van der Waals surface area contributed by atoms with E-state index < -0.39 is 0 Å². The van der Waals surface area contributed by atoms with Crippen LogP contribution in [0.15, 0.2) is 0 Å². The molecular weight excluding hydrogens is 146 g/mol. The van der Waals surface area contributed by atoms with Crippen LogP contribution in [0.25, 0.3) is 0 Å². The van der Waals surface area contributed by atoms with Crippen LogP contribution in [0.2, 0.25) is 0 Å². The third-order valence-electron chi connectivity index (χ3n) is 1.31. The van der Waals surface area contributed by atoms with Gasteiger partial charge in [-0.15, -0.1) is 0 Å². The van der Waals surface area contributed by atoms with Gasteiger partial charge < -0.3 is 10.4 Å². The highest BCUT2D eigenvalue weighted by Gasteiger charge is 1.96. The molecule has 0 aromatic heterocycles. The molecule has 2 N–H and O–H groups in total. The Morgan fingerprint density at radius 3 is 2.80 bits per heavy atom. The second-order valence-electron chi connectivity index (χ2n) is 2.34. The summed E-state index contributed by atoms with van der Waals surface area (Å²) in [6.07, 6.45) is 0.918. The highest BCUT2D eigenvalue weighted by atomic mass is 32.2. The van der Waals surface area contributed by atoms with E-state index >= 15 is 0 Å². The van der Waals surface area contributed by atoms with Crippen LogP contribution in [0.1, 0.15) is 13.3 Å². The summed E-state index contributed by atoms with van der Waals surface area (Å²) in [7, 11) is 1.97. The maximum absolute atomic E-state index is 8.46. The van der Waals surface area contributed by atoms with Crippen LogP contribution < -0.4 is 5.32 Å². The monoisotopic (exact) mass is 163 g/mol. The predicted molar refractivity (Wildman–Crippen MR) is 47.5 cm³/mol. The zero-order valence-electron chi connectivity index (χ0n) is 6.76. The molecule has 0 aromatic carbocycles. The van der Waals surface area contributed by atoms with Crippen LogP contribution in [0.4, 0.5) is 0 Å². The van der Waals surface area contributed by atoms with Crippen molar-refractivity contribution in [1.29, 1.82) is 0 Å². The molecule has 3 heteroatoms. The maximum Gasteiger partial charge on any atom is 0.0438 e. The summed E-state index contributed by atoms with van der Waals surface area (Å²) in [5.41, 5.74) is 0.